The molecule has 1 unspecified atom stereocenters. The van der Waals surface area contributed by atoms with Gasteiger partial charge in [0.25, 0.3) is 0 Å². The largest absolute Gasteiger partial charge is 0.479 e. The zero-order chi connectivity index (χ0) is 30.4. The van der Waals surface area contributed by atoms with Crippen LogP contribution >= 0.6 is 0 Å². The Kier molecular flexibility index (Phi) is 8.20. The maximum Gasteiger partial charge on any atom is 0.337 e. The minimum Gasteiger partial charge on any atom is -0.479 e. The van der Waals surface area contributed by atoms with Crippen molar-refractivity contribution in [3.63, 3.8) is 0 Å². The van der Waals surface area contributed by atoms with Crippen LogP contribution in [0, 0.1) is 25.1 Å². The lowest BCUT2D eigenvalue weighted by Gasteiger charge is -2.41. The topological polar surface area (TPSA) is 65.9 Å². The van der Waals surface area contributed by atoms with Gasteiger partial charge in [0.1, 0.15) is 5.82 Å². The fourth-order valence-electron chi connectivity index (χ4n) is 6.34. The van der Waals surface area contributed by atoms with Crippen LogP contribution in [0.2, 0.25) is 0 Å². The van der Waals surface area contributed by atoms with Crippen LogP contribution < -0.4 is 4.90 Å². The molecule has 3 aromatic rings. The van der Waals surface area contributed by atoms with Crippen molar-refractivity contribution >= 4 is 11.7 Å². The van der Waals surface area contributed by atoms with Gasteiger partial charge in [-0.1, -0.05) is 38.1 Å². The van der Waals surface area contributed by atoms with Crippen molar-refractivity contribution in [1.29, 1.82) is 0 Å². The summed E-state index contributed by atoms with van der Waals surface area (Å²) in [5, 5.41) is 10.4. The van der Waals surface area contributed by atoms with Crippen LogP contribution in [0.1, 0.15) is 87.2 Å². The monoisotopic (exact) mass is 573 g/mol. The second kappa shape index (κ2) is 11.4. The number of piperidine rings is 1. The van der Waals surface area contributed by atoms with Crippen LogP contribution in [0.5, 0.6) is 0 Å². The summed E-state index contributed by atoms with van der Waals surface area (Å²) in [6, 6.07) is 13.3. The van der Waals surface area contributed by atoms with E-state index >= 15 is 0 Å². The molecule has 0 radical (unpaired) electrons. The lowest BCUT2D eigenvalue weighted by Crippen LogP contribution is -2.39. The van der Waals surface area contributed by atoms with Crippen LogP contribution in [0.25, 0.3) is 11.1 Å². The Labute approximate surface area is 249 Å². The predicted molar refractivity (Wildman–Crippen MR) is 165 cm³/mol. The summed E-state index contributed by atoms with van der Waals surface area (Å²) in [4.78, 5) is 22.4. The summed E-state index contributed by atoms with van der Waals surface area (Å²) in [5.41, 5.74) is 8.40. The number of benzene rings is 2. The highest BCUT2D eigenvalue weighted by molar-refractivity contribution is 5.88. The van der Waals surface area contributed by atoms with E-state index in [9.17, 15) is 14.3 Å². The highest BCUT2D eigenvalue weighted by Gasteiger charge is 2.36. The Morgan fingerprint density at radius 1 is 1.02 bits per heavy atom. The third-order valence-corrected chi connectivity index (χ3v) is 8.57. The maximum atomic E-state index is 13.4. The Balaban J connectivity index is 1.58. The second-order valence-electron chi connectivity index (χ2n) is 13.8. The average Bonchev–Trinajstić information content (AvgIpc) is 3.29. The molecule has 5 rings (SSSR count). The smallest absolute Gasteiger partial charge is 0.337 e. The minimum atomic E-state index is -1.14. The molecule has 2 aliphatic heterocycles. The van der Waals surface area contributed by atoms with Crippen LogP contribution in [0.3, 0.4) is 0 Å². The van der Waals surface area contributed by atoms with Crippen molar-refractivity contribution in [2.75, 3.05) is 18.0 Å². The molecule has 6 nitrogen and oxygen atoms in total. The van der Waals surface area contributed by atoms with E-state index in [-0.39, 0.29) is 11.2 Å². The molecular weight excluding hydrogens is 529 g/mol. The fourth-order valence-corrected chi connectivity index (χ4v) is 6.34. The summed E-state index contributed by atoms with van der Waals surface area (Å²) in [6.45, 7) is 18.3. The number of hydrogen-bond donors (Lipinski definition) is 1. The number of ether oxygens (including phenoxy) is 1. The maximum absolute atomic E-state index is 13.4. The lowest BCUT2D eigenvalue weighted by atomic mass is 9.81. The van der Waals surface area contributed by atoms with Crippen molar-refractivity contribution in [2.45, 2.75) is 92.6 Å². The zero-order valence-electron chi connectivity index (χ0n) is 26.1. The molecule has 1 N–H and O–H groups in total. The first-order valence-corrected chi connectivity index (χ1v) is 15.0. The van der Waals surface area contributed by atoms with Gasteiger partial charge in [-0.15, -0.1) is 0 Å². The Bertz CT molecular complexity index is 1470. The molecule has 42 heavy (non-hydrogen) atoms. The SMILES string of the molecule is Cc1nc(C)c(C(OC(C)(C)C)C(=O)O)c(N2CCC(C)(C)CC2)c1-c1ccc2c(c1)CN(Cc1ccc(F)cc1)C2. The summed E-state index contributed by atoms with van der Waals surface area (Å²) in [6.07, 6.45) is 0.904. The third-order valence-electron chi connectivity index (χ3n) is 8.57. The third kappa shape index (κ3) is 6.52. The van der Waals surface area contributed by atoms with E-state index in [1.54, 1.807) is 0 Å². The van der Waals surface area contributed by atoms with Gasteiger partial charge in [-0.3, -0.25) is 9.88 Å². The average molecular weight is 574 g/mol. The predicted octanol–water partition coefficient (Wildman–Crippen LogP) is 7.59. The van der Waals surface area contributed by atoms with Gasteiger partial charge in [0.2, 0.25) is 0 Å². The number of carboxylic acids is 1. The summed E-state index contributed by atoms with van der Waals surface area (Å²) in [7, 11) is 0. The number of aliphatic carboxylic acids is 1. The van der Waals surface area contributed by atoms with Gasteiger partial charge in [0.05, 0.1) is 11.3 Å². The zero-order valence-corrected chi connectivity index (χ0v) is 26.1. The molecule has 224 valence electrons. The van der Waals surface area contributed by atoms with E-state index in [4.69, 9.17) is 9.72 Å². The number of aryl methyl sites for hydroxylation is 2. The van der Waals surface area contributed by atoms with Crippen molar-refractivity contribution in [2.24, 2.45) is 5.41 Å². The van der Waals surface area contributed by atoms with Gasteiger partial charge in [-0.2, -0.15) is 0 Å². The molecule has 1 fully saturated rings. The number of carboxylic acid groups (broad SMARTS) is 1. The lowest BCUT2D eigenvalue weighted by molar-refractivity contribution is -0.160. The number of pyridine rings is 1. The van der Waals surface area contributed by atoms with Gasteiger partial charge >= 0.3 is 5.97 Å². The molecule has 0 spiro atoms. The number of anilines is 1. The van der Waals surface area contributed by atoms with Gasteiger partial charge in [-0.05, 0) is 93.3 Å². The quantitative estimate of drug-likeness (QED) is 0.314. The van der Waals surface area contributed by atoms with E-state index in [0.717, 1.165) is 73.6 Å². The summed E-state index contributed by atoms with van der Waals surface area (Å²) >= 11 is 0. The first-order chi connectivity index (χ1) is 19.7. The first-order valence-electron chi connectivity index (χ1n) is 15.0. The molecule has 1 saturated heterocycles. The Hall–Kier alpha value is -3.29. The normalized spacial score (nSPS) is 17.8. The molecule has 0 amide bonds. The molecule has 2 aromatic carbocycles. The van der Waals surface area contributed by atoms with E-state index in [0.29, 0.717) is 11.3 Å². The number of rotatable bonds is 7. The van der Waals surface area contributed by atoms with Crippen molar-refractivity contribution in [3.05, 3.63) is 81.9 Å². The van der Waals surface area contributed by atoms with Gasteiger partial charge in [0, 0.05) is 55.2 Å². The standard InChI is InChI=1S/C35H44FN3O3/c1-22-29(25-10-11-26-20-38(21-27(26)18-25)19-24-8-12-28(36)13-9-24)31(39-16-14-35(6,7)15-17-39)30(23(2)37-22)32(33(40)41)42-34(3,4)5/h8-13,18,32H,14-17,19-21H2,1-7H3,(H,40,41). The molecule has 0 bridgehead atoms. The fraction of sp³-hybridized carbons (Fsp3) is 0.486. The van der Waals surface area contributed by atoms with Crippen LogP contribution in [0.4, 0.5) is 10.1 Å². The van der Waals surface area contributed by atoms with Gasteiger partial charge in [0.15, 0.2) is 6.10 Å². The molecular formula is C35H44FN3O3. The molecule has 7 heteroatoms. The number of hydrogen-bond acceptors (Lipinski definition) is 5. The molecule has 0 saturated carbocycles. The molecule has 1 atom stereocenters. The van der Waals surface area contributed by atoms with Crippen LogP contribution in [-0.2, 0) is 29.2 Å². The minimum absolute atomic E-state index is 0.222. The van der Waals surface area contributed by atoms with Crippen LogP contribution in [-0.4, -0.2) is 39.7 Å². The van der Waals surface area contributed by atoms with Crippen molar-refractivity contribution in [3.8, 4) is 11.1 Å². The molecule has 3 heterocycles. The van der Waals surface area contributed by atoms with Gasteiger partial charge < -0.3 is 14.7 Å². The van der Waals surface area contributed by atoms with Gasteiger partial charge in [-0.25, -0.2) is 9.18 Å². The molecule has 2 aliphatic rings. The number of carbonyl (C=O) groups is 1. The van der Waals surface area contributed by atoms with E-state index < -0.39 is 17.7 Å². The second-order valence-corrected chi connectivity index (χ2v) is 13.8. The first kappa shape index (κ1) is 30.2. The number of aromatic nitrogens is 1. The Morgan fingerprint density at radius 3 is 2.29 bits per heavy atom. The highest BCUT2D eigenvalue weighted by atomic mass is 19.1. The molecule has 0 aliphatic carbocycles. The number of halogens is 1. The van der Waals surface area contributed by atoms with Crippen molar-refractivity contribution < 1.29 is 19.0 Å². The highest BCUT2D eigenvalue weighted by Crippen LogP contribution is 2.45. The van der Waals surface area contributed by atoms with E-state index in [1.807, 2.05) is 46.8 Å². The van der Waals surface area contributed by atoms with E-state index in [2.05, 4.69) is 41.8 Å². The van der Waals surface area contributed by atoms with Crippen LogP contribution in [0.15, 0.2) is 42.5 Å². The Morgan fingerprint density at radius 2 is 1.67 bits per heavy atom. The van der Waals surface area contributed by atoms with Crippen molar-refractivity contribution in [1.82, 2.24) is 9.88 Å². The summed E-state index contributed by atoms with van der Waals surface area (Å²) in [5.74, 6) is -1.23. The molecule has 1 aromatic heterocycles. The number of fused-ring (bicyclic) bond motifs is 1. The summed E-state index contributed by atoms with van der Waals surface area (Å²) < 4.78 is 19.6. The number of nitrogens with zero attached hydrogens (tertiary/aromatic N) is 3. The van der Waals surface area contributed by atoms with E-state index in [1.165, 1.54) is 23.3 Å².